The number of aromatic amines is 1. The maximum absolute atomic E-state index is 11.4. The number of aromatic nitrogens is 2. The Kier molecular flexibility index (Phi) is 3.50. The van der Waals surface area contributed by atoms with Crippen LogP contribution in [0.5, 0.6) is 0 Å². The van der Waals surface area contributed by atoms with Gasteiger partial charge in [-0.05, 0) is 12.3 Å². The van der Waals surface area contributed by atoms with E-state index in [0.717, 1.165) is 6.42 Å². The summed E-state index contributed by atoms with van der Waals surface area (Å²) in [6.07, 6.45) is 0.968. The van der Waals surface area contributed by atoms with Gasteiger partial charge in [0.25, 0.3) is 5.91 Å². The van der Waals surface area contributed by atoms with Crippen LogP contribution in [0.15, 0.2) is 6.07 Å². The molecule has 0 aliphatic rings. The molecular formula is C9H16N4O. The van der Waals surface area contributed by atoms with Crippen molar-refractivity contribution in [1.29, 1.82) is 0 Å². The molecule has 0 radical (unpaired) electrons. The van der Waals surface area contributed by atoms with Crippen molar-refractivity contribution < 1.29 is 4.79 Å². The summed E-state index contributed by atoms with van der Waals surface area (Å²) in [5.74, 6) is 0.760. The molecule has 1 rings (SSSR count). The van der Waals surface area contributed by atoms with Crippen molar-refractivity contribution in [2.45, 2.75) is 20.3 Å². The molecule has 0 aromatic carbocycles. The van der Waals surface area contributed by atoms with Crippen LogP contribution in [0.4, 0.5) is 5.82 Å². The molecule has 4 N–H and O–H groups in total. The van der Waals surface area contributed by atoms with Crippen molar-refractivity contribution in [2.24, 2.45) is 5.92 Å². The van der Waals surface area contributed by atoms with E-state index in [0.29, 0.717) is 24.0 Å². The van der Waals surface area contributed by atoms with Gasteiger partial charge < -0.3 is 11.1 Å². The van der Waals surface area contributed by atoms with Gasteiger partial charge in [-0.25, -0.2) is 0 Å². The molecule has 5 nitrogen and oxygen atoms in total. The summed E-state index contributed by atoms with van der Waals surface area (Å²) in [5.41, 5.74) is 5.78. The van der Waals surface area contributed by atoms with Gasteiger partial charge in [0, 0.05) is 12.6 Å². The Labute approximate surface area is 83.1 Å². The molecule has 0 aliphatic heterocycles. The Morgan fingerprint density at radius 3 is 2.93 bits per heavy atom. The monoisotopic (exact) mass is 196 g/mol. The second-order valence-electron chi connectivity index (χ2n) is 3.64. The number of rotatable bonds is 4. The fourth-order valence-corrected chi connectivity index (χ4v) is 1.02. The lowest BCUT2D eigenvalue weighted by Gasteiger charge is -2.05. The molecule has 0 fully saturated rings. The molecule has 0 aliphatic carbocycles. The molecule has 0 bridgehead atoms. The van der Waals surface area contributed by atoms with Crippen LogP contribution in [0, 0.1) is 5.92 Å². The summed E-state index contributed by atoms with van der Waals surface area (Å²) in [6.45, 7) is 4.90. The minimum absolute atomic E-state index is 0.158. The number of hydrogen-bond donors (Lipinski definition) is 3. The molecule has 1 heterocycles. The van der Waals surface area contributed by atoms with Crippen LogP contribution in [-0.4, -0.2) is 22.6 Å². The number of amides is 1. The van der Waals surface area contributed by atoms with Gasteiger partial charge in [-0.2, -0.15) is 5.10 Å². The van der Waals surface area contributed by atoms with Gasteiger partial charge in [0.05, 0.1) is 0 Å². The smallest absolute Gasteiger partial charge is 0.269 e. The summed E-state index contributed by atoms with van der Waals surface area (Å²) in [6, 6.07) is 1.52. The van der Waals surface area contributed by atoms with Gasteiger partial charge in [-0.1, -0.05) is 13.8 Å². The summed E-state index contributed by atoms with van der Waals surface area (Å²) >= 11 is 0. The second kappa shape index (κ2) is 4.64. The molecule has 14 heavy (non-hydrogen) atoms. The van der Waals surface area contributed by atoms with E-state index in [1.165, 1.54) is 6.07 Å². The second-order valence-corrected chi connectivity index (χ2v) is 3.64. The van der Waals surface area contributed by atoms with Crippen LogP contribution in [-0.2, 0) is 0 Å². The number of H-pyrrole nitrogens is 1. The topological polar surface area (TPSA) is 83.8 Å². The first-order valence-electron chi connectivity index (χ1n) is 4.68. The zero-order valence-corrected chi connectivity index (χ0v) is 8.50. The Hall–Kier alpha value is -1.52. The number of nitrogens with two attached hydrogens (primary N) is 1. The van der Waals surface area contributed by atoms with Crippen LogP contribution in [0.2, 0.25) is 0 Å². The highest BCUT2D eigenvalue weighted by Crippen LogP contribution is 2.01. The van der Waals surface area contributed by atoms with Crippen molar-refractivity contribution in [3.8, 4) is 0 Å². The van der Waals surface area contributed by atoms with Crippen molar-refractivity contribution >= 4 is 11.7 Å². The quantitative estimate of drug-likeness (QED) is 0.665. The van der Waals surface area contributed by atoms with Crippen LogP contribution < -0.4 is 11.1 Å². The van der Waals surface area contributed by atoms with E-state index in [-0.39, 0.29) is 5.91 Å². The summed E-state index contributed by atoms with van der Waals surface area (Å²) in [4.78, 5) is 11.4. The van der Waals surface area contributed by atoms with Crippen molar-refractivity contribution in [1.82, 2.24) is 15.5 Å². The van der Waals surface area contributed by atoms with Gasteiger partial charge >= 0.3 is 0 Å². The van der Waals surface area contributed by atoms with Crippen molar-refractivity contribution in [3.63, 3.8) is 0 Å². The molecule has 5 heteroatoms. The average molecular weight is 196 g/mol. The number of hydrogen-bond acceptors (Lipinski definition) is 3. The Morgan fingerprint density at radius 1 is 1.71 bits per heavy atom. The third-order valence-corrected chi connectivity index (χ3v) is 1.85. The van der Waals surface area contributed by atoms with Crippen LogP contribution in [0.3, 0.4) is 0 Å². The van der Waals surface area contributed by atoms with E-state index < -0.39 is 0 Å². The number of anilines is 1. The highest BCUT2D eigenvalue weighted by atomic mass is 16.1. The summed E-state index contributed by atoms with van der Waals surface area (Å²) < 4.78 is 0. The SMILES string of the molecule is CC(C)CCNC(=O)c1cc(N)n[nH]1. The molecule has 0 saturated carbocycles. The van der Waals surface area contributed by atoms with E-state index in [2.05, 4.69) is 29.4 Å². The molecule has 1 aromatic rings. The lowest BCUT2D eigenvalue weighted by molar-refractivity contribution is 0.0947. The van der Waals surface area contributed by atoms with E-state index in [1.54, 1.807) is 0 Å². The van der Waals surface area contributed by atoms with Crippen LogP contribution >= 0.6 is 0 Å². The lowest BCUT2D eigenvalue weighted by atomic mass is 10.1. The third-order valence-electron chi connectivity index (χ3n) is 1.85. The number of carbonyl (C=O) groups is 1. The third kappa shape index (κ3) is 3.08. The molecule has 1 amide bonds. The van der Waals surface area contributed by atoms with E-state index >= 15 is 0 Å². The molecule has 0 atom stereocenters. The van der Waals surface area contributed by atoms with Crippen molar-refractivity contribution in [3.05, 3.63) is 11.8 Å². The average Bonchev–Trinajstić information content (AvgIpc) is 2.51. The minimum atomic E-state index is -0.158. The predicted molar refractivity (Wildman–Crippen MR) is 54.8 cm³/mol. The van der Waals surface area contributed by atoms with Gasteiger partial charge in [0.2, 0.25) is 0 Å². The zero-order chi connectivity index (χ0) is 10.6. The predicted octanol–water partition coefficient (Wildman–Crippen LogP) is 0.768. The van der Waals surface area contributed by atoms with Gasteiger partial charge in [-0.3, -0.25) is 9.89 Å². The first-order valence-corrected chi connectivity index (χ1v) is 4.68. The van der Waals surface area contributed by atoms with Crippen LogP contribution in [0.25, 0.3) is 0 Å². The number of nitrogens with zero attached hydrogens (tertiary/aromatic N) is 1. The summed E-state index contributed by atoms with van der Waals surface area (Å²) in [5, 5.41) is 9.01. The fraction of sp³-hybridized carbons (Fsp3) is 0.556. The maximum Gasteiger partial charge on any atom is 0.269 e. The molecule has 0 saturated heterocycles. The Bertz CT molecular complexity index is 306. The summed E-state index contributed by atoms with van der Waals surface area (Å²) in [7, 11) is 0. The molecule has 78 valence electrons. The number of nitrogens with one attached hydrogen (secondary N) is 2. The van der Waals surface area contributed by atoms with E-state index in [4.69, 9.17) is 5.73 Å². The van der Waals surface area contributed by atoms with Gasteiger partial charge in [0.15, 0.2) is 0 Å². The maximum atomic E-state index is 11.4. The highest BCUT2D eigenvalue weighted by molar-refractivity contribution is 5.92. The lowest BCUT2D eigenvalue weighted by Crippen LogP contribution is -2.25. The fourth-order valence-electron chi connectivity index (χ4n) is 1.02. The van der Waals surface area contributed by atoms with Gasteiger partial charge in [0.1, 0.15) is 11.5 Å². The van der Waals surface area contributed by atoms with Gasteiger partial charge in [-0.15, -0.1) is 0 Å². The number of carbonyl (C=O) groups excluding carboxylic acids is 1. The zero-order valence-electron chi connectivity index (χ0n) is 8.50. The first-order chi connectivity index (χ1) is 6.59. The molecule has 0 unspecified atom stereocenters. The highest BCUT2D eigenvalue weighted by Gasteiger charge is 2.07. The minimum Gasteiger partial charge on any atom is -0.382 e. The Morgan fingerprint density at radius 2 is 2.43 bits per heavy atom. The normalized spacial score (nSPS) is 10.5. The molecule has 0 spiro atoms. The van der Waals surface area contributed by atoms with Crippen molar-refractivity contribution in [2.75, 3.05) is 12.3 Å². The molecular weight excluding hydrogens is 180 g/mol. The number of nitrogen functional groups attached to an aromatic ring is 1. The largest absolute Gasteiger partial charge is 0.382 e. The standard InChI is InChI=1S/C9H16N4O/c1-6(2)3-4-11-9(14)7-5-8(10)13-12-7/h5-6H,3-4H2,1-2H3,(H,11,14)(H3,10,12,13). The van der Waals surface area contributed by atoms with Crippen LogP contribution in [0.1, 0.15) is 30.8 Å². The first kappa shape index (κ1) is 10.6. The van der Waals surface area contributed by atoms with E-state index in [9.17, 15) is 4.79 Å². The Balaban J connectivity index is 2.36. The van der Waals surface area contributed by atoms with E-state index in [1.807, 2.05) is 0 Å². The molecule has 1 aromatic heterocycles.